The summed E-state index contributed by atoms with van der Waals surface area (Å²) < 4.78 is 5.46. The summed E-state index contributed by atoms with van der Waals surface area (Å²) in [6.45, 7) is 5.27. The predicted octanol–water partition coefficient (Wildman–Crippen LogP) is 4.27. The zero-order valence-electron chi connectivity index (χ0n) is 22.2. The number of carbonyl (C=O) groups excluding carboxylic acids is 2. The highest BCUT2D eigenvalue weighted by atomic mass is 35.5. The Morgan fingerprint density at radius 3 is 2.77 bits per heavy atom. The third kappa shape index (κ3) is 5.98. The maximum absolute atomic E-state index is 13.4. The van der Waals surface area contributed by atoms with Crippen LogP contribution in [0, 0.1) is 12.8 Å². The van der Waals surface area contributed by atoms with Crippen LogP contribution in [0.2, 0.25) is 5.02 Å². The van der Waals surface area contributed by atoms with Crippen molar-refractivity contribution < 1.29 is 19.4 Å². The van der Waals surface area contributed by atoms with Crippen LogP contribution in [0.3, 0.4) is 0 Å². The van der Waals surface area contributed by atoms with Crippen molar-refractivity contribution in [2.75, 3.05) is 19.8 Å². The number of ether oxygens (including phenoxy) is 1. The van der Waals surface area contributed by atoms with Gasteiger partial charge in [-0.25, -0.2) is 9.97 Å². The van der Waals surface area contributed by atoms with E-state index in [1.165, 1.54) is 0 Å². The predicted molar refractivity (Wildman–Crippen MR) is 148 cm³/mol. The molecule has 0 spiro atoms. The van der Waals surface area contributed by atoms with Gasteiger partial charge in [-0.1, -0.05) is 53.6 Å². The molecule has 8 nitrogen and oxygen atoms in total. The lowest BCUT2D eigenvalue weighted by atomic mass is 9.96. The lowest BCUT2D eigenvalue weighted by Gasteiger charge is -2.26. The molecule has 39 heavy (non-hydrogen) atoms. The number of aliphatic hydroxyl groups is 1. The largest absolute Gasteiger partial charge is 0.394 e. The van der Waals surface area contributed by atoms with Crippen LogP contribution in [0.15, 0.2) is 48.7 Å². The van der Waals surface area contributed by atoms with E-state index in [4.69, 9.17) is 21.3 Å². The molecule has 2 amide bonds. The number of carbonyl (C=O) groups is 2. The molecule has 2 aromatic carbocycles. The van der Waals surface area contributed by atoms with E-state index in [2.05, 4.69) is 10.3 Å². The minimum Gasteiger partial charge on any atom is -0.394 e. The average molecular weight is 549 g/mol. The minimum absolute atomic E-state index is 0.224. The second-order valence-corrected chi connectivity index (χ2v) is 10.8. The van der Waals surface area contributed by atoms with E-state index in [0.29, 0.717) is 28.7 Å². The molecule has 1 saturated heterocycles. The zero-order chi connectivity index (χ0) is 27.5. The Labute approximate surface area is 233 Å². The maximum Gasteiger partial charge on any atom is 0.255 e. The van der Waals surface area contributed by atoms with Crippen LogP contribution in [-0.2, 0) is 22.5 Å². The molecule has 3 aromatic rings. The van der Waals surface area contributed by atoms with Crippen LogP contribution in [0.25, 0.3) is 11.3 Å². The van der Waals surface area contributed by atoms with Crippen LogP contribution in [-0.4, -0.2) is 57.7 Å². The summed E-state index contributed by atoms with van der Waals surface area (Å²) in [5, 5.41) is 13.2. The minimum atomic E-state index is -0.721. The number of nitrogens with zero attached hydrogens (tertiary/aromatic N) is 3. The van der Waals surface area contributed by atoms with Crippen molar-refractivity contribution in [2.24, 2.45) is 5.92 Å². The Bertz CT molecular complexity index is 1370. The van der Waals surface area contributed by atoms with Gasteiger partial charge in [0.15, 0.2) is 0 Å². The molecule has 1 fully saturated rings. The molecule has 2 aliphatic rings. The van der Waals surface area contributed by atoms with E-state index in [-0.39, 0.29) is 18.4 Å². The van der Waals surface area contributed by atoms with E-state index in [9.17, 15) is 14.7 Å². The lowest BCUT2D eigenvalue weighted by Crippen LogP contribution is -2.46. The van der Waals surface area contributed by atoms with Crippen LogP contribution in [0.1, 0.15) is 58.7 Å². The van der Waals surface area contributed by atoms with Gasteiger partial charge in [-0.3, -0.25) is 9.59 Å². The van der Waals surface area contributed by atoms with Gasteiger partial charge < -0.3 is 20.1 Å². The zero-order valence-corrected chi connectivity index (χ0v) is 22.9. The third-order valence-electron chi connectivity index (χ3n) is 7.61. The summed E-state index contributed by atoms with van der Waals surface area (Å²) in [5.41, 5.74) is 4.56. The molecule has 9 heteroatoms. The first-order valence-corrected chi connectivity index (χ1v) is 13.7. The monoisotopic (exact) mass is 548 g/mol. The van der Waals surface area contributed by atoms with Crippen molar-refractivity contribution in [2.45, 2.75) is 51.7 Å². The second-order valence-electron chi connectivity index (χ2n) is 10.4. The highest BCUT2D eigenvalue weighted by Gasteiger charge is 2.35. The Morgan fingerprint density at radius 2 is 2.03 bits per heavy atom. The number of amides is 2. The Hall–Kier alpha value is -3.33. The van der Waals surface area contributed by atoms with Gasteiger partial charge in [0.25, 0.3) is 5.91 Å². The molecule has 2 aliphatic heterocycles. The van der Waals surface area contributed by atoms with Gasteiger partial charge >= 0.3 is 0 Å². The summed E-state index contributed by atoms with van der Waals surface area (Å²) in [7, 11) is 0. The Balaban J connectivity index is 1.31. The SMILES string of the molecule is Cc1cccc([C@@H](CO)NC(=O)[C@@H](C)N2Cc3ccc(-c4nc(CC5CCOCC5)ncc4Cl)cc3C2=O)c1. The van der Waals surface area contributed by atoms with Gasteiger partial charge in [0.05, 0.1) is 23.4 Å². The van der Waals surface area contributed by atoms with Gasteiger partial charge in [0.2, 0.25) is 5.91 Å². The van der Waals surface area contributed by atoms with Crippen molar-refractivity contribution in [3.8, 4) is 11.3 Å². The maximum atomic E-state index is 13.4. The van der Waals surface area contributed by atoms with Crippen molar-refractivity contribution in [3.05, 3.63) is 81.8 Å². The van der Waals surface area contributed by atoms with Gasteiger partial charge in [-0.05, 0) is 49.8 Å². The molecular formula is C30H33ClN4O4. The molecular weight excluding hydrogens is 516 g/mol. The third-order valence-corrected chi connectivity index (χ3v) is 7.89. The number of aromatic nitrogens is 2. The van der Waals surface area contributed by atoms with Gasteiger partial charge in [-0.15, -0.1) is 0 Å². The van der Waals surface area contributed by atoms with Gasteiger partial charge in [0, 0.05) is 43.5 Å². The first kappa shape index (κ1) is 27.2. The fraction of sp³-hybridized carbons (Fsp3) is 0.400. The molecule has 2 N–H and O–H groups in total. The summed E-state index contributed by atoms with van der Waals surface area (Å²) in [6.07, 6.45) is 4.36. The number of aryl methyl sites for hydroxylation is 1. The summed E-state index contributed by atoms with van der Waals surface area (Å²) in [4.78, 5) is 37.3. The molecule has 0 bridgehead atoms. The number of hydrogen-bond acceptors (Lipinski definition) is 6. The van der Waals surface area contributed by atoms with Crippen molar-refractivity contribution in [1.29, 1.82) is 0 Å². The fourth-order valence-electron chi connectivity index (χ4n) is 5.25. The Morgan fingerprint density at radius 1 is 1.23 bits per heavy atom. The summed E-state index contributed by atoms with van der Waals surface area (Å²) >= 11 is 6.49. The summed E-state index contributed by atoms with van der Waals surface area (Å²) in [5.74, 6) is 0.658. The number of hydrogen-bond donors (Lipinski definition) is 2. The lowest BCUT2D eigenvalue weighted by molar-refractivity contribution is -0.126. The molecule has 1 aromatic heterocycles. The topological polar surface area (TPSA) is 105 Å². The number of aliphatic hydroxyl groups excluding tert-OH is 1. The highest BCUT2D eigenvalue weighted by Crippen LogP contribution is 2.32. The number of benzene rings is 2. The molecule has 3 heterocycles. The first-order valence-electron chi connectivity index (χ1n) is 13.3. The molecule has 204 valence electrons. The first-order chi connectivity index (χ1) is 18.8. The molecule has 0 saturated carbocycles. The van der Waals surface area contributed by atoms with Crippen LogP contribution in [0.5, 0.6) is 0 Å². The fourth-order valence-corrected chi connectivity index (χ4v) is 5.45. The van der Waals surface area contributed by atoms with E-state index >= 15 is 0 Å². The Kier molecular flexibility index (Phi) is 8.26. The second kappa shape index (κ2) is 11.8. The van der Waals surface area contributed by atoms with Crippen molar-refractivity contribution in [1.82, 2.24) is 20.2 Å². The molecule has 2 atom stereocenters. The quantitative estimate of drug-likeness (QED) is 0.435. The molecule has 0 aliphatic carbocycles. The van der Waals surface area contributed by atoms with Crippen molar-refractivity contribution in [3.63, 3.8) is 0 Å². The van der Waals surface area contributed by atoms with Crippen LogP contribution in [0.4, 0.5) is 0 Å². The standard InChI is InChI=1S/C30H33ClN4O4/c1-18-4-3-5-21(12-18)26(17-36)33-29(37)19(2)35-16-23-7-6-22(14-24(23)30(35)38)28-25(31)15-32-27(34-28)13-20-8-10-39-11-9-20/h3-7,12,14-15,19-20,26,36H,8-11,13,16-17H2,1-2H3,(H,33,37)/t19-,26-/m1/s1. The van der Waals surface area contributed by atoms with E-state index in [1.54, 1.807) is 24.1 Å². The van der Waals surface area contributed by atoms with E-state index < -0.39 is 12.1 Å². The number of rotatable bonds is 8. The summed E-state index contributed by atoms with van der Waals surface area (Å²) in [6, 6.07) is 12.0. The normalized spacial score (nSPS) is 17.1. The average Bonchev–Trinajstić information content (AvgIpc) is 3.28. The van der Waals surface area contributed by atoms with Gasteiger partial charge in [0.1, 0.15) is 11.9 Å². The van der Waals surface area contributed by atoms with E-state index in [0.717, 1.165) is 60.6 Å². The molecule has 5 rings (SSSR count). The number of nitrogens with one attached hydrogen (secondary N) is 1. The van der Waals surface area contributed by atoms with Crippen LogP contribution >= 0.6 is 11.6 Å². The molecule has 0 unspecified atom stereocenters. The van der Waals surface area contributed by atoms with E-state index in [1.807, 2.05) is 43.3 Å². The number of fused-ring (bicyclic) bond motifs is 1. The van der Waals surface area contributed by atoms with Crippen molar-refractivity contribution >= 4 is 23.4 Å². The number of halogens is 1. The van der Waals surface area contributed by atoms with Gasteiger partial charge in [-0.2, -0.15) is 0 Å². The molecule has 0 radical (unpaired) electrons. The van der Waals surface area contributed by atoms with Crippen LogP contribution < -0.4 is 5.32 Å². The highest BCUT2D eigenvalue weighted by molar-refractivity contribution is 6.32. The smallest absolute Gasteiger partial charge is 0.255 e.